The number of aromatic nitrogens is 4. The van der Waals surface area contributed by atoms with Gasteiger partial charge in [-0.15, -0.1) is 5.10 Å². The van der Waals surface area contributed by atoms with Crippen LogP contribution in [0.5, 0.6) is 0 Å². The average molecular weight is 311 g/mol. The lowest BCUT2D eigenvalue weighted by atomic mass is 10.2. The molecule has 0 aliphatic carbocycles. The Kier molecular flexibility index (Phi) is 3.64. The summed E-state index contributed by atoms with van der Waals surface area (Å²) >= 11 is 0. The van der Waals surface area contributed by atoms with E-state index in [1.807, 2.05) is 19.9 Å². The topological polar surface area (TPSA) is 98.5 Å². The van der Waals surface area contributed by atoms with Gasteiger partial charge < -0.3 is 4.74 Å². The van der Waals surface area contributed by atoms with E-state index in [-0.39, 0.29) is 23.6 Å². The zero-order valence-corrected chi connectivity index (χ0v) is 12.7. The molecule has 0 amide bonds. The zero-order valence-electron chi connectivity index (χ0n) is 11.9. The minimum absolute atomic E-state index is 0.0705. The number of hydrogen-bond donors (Lipinski definition) is 1. The summed E-state index contributed by atoms with van der Waals surface area (Å²) in [7, 11) is -3.75. The molecule has 1 aliphatic heterocycles. The number of nitrogens with one attached hydrogen (secondary N) is 1. The van der Waals surface area contributed by atoms with Gasteiger partial charge in [0, 0.05) is 24.5 Å². The minimum Gasteiger partial charge on any atom is -0.377 e. The standard InChI is InChI=1S/C12H17N5O3S/c1-8-6-9(2)17-11(14-8)15-12(16-17)21(18,19)13-7-10-4-3-5-20-10/h6,10,13H,3-5,7H2,1-2H3. The summed E-state index contributed by atoms with van der Waals surface area (Å²) in [4.78, 5) is 8.18. The monoisotopic (exact) mass is 311 g/mol. The van der Waals surface area contributed by atoms with Crippen LogP contribution < -0.4 is 4.72 Å². The molecule has 3 heterocycles. The summed E-state index contributed by atoms with van der Waals surface area (Å²) in [6.45, 7) is 4.57. The van der Waals surface area contributed by atoms with Gasteiger partial charge in [0.05, 0.1) is 6.10 Å². The van der Waals surface area contributed by atoms with Crippen LogP contribution in [0.4, 0.5) is 0 Å². The molecule has 0 spiro atoms. The third-order valence-electron chi connectivity index (χ3n) is 3.36. The van der Waals surface area contributed by atoms with Crippen LogP contribution >= 0.6 is 0 Å². The Labute approximate surface area is 122 Å². The normalized spacial score (nSPS) is 19.4. The lowest BCUT2D eigenvalue weighted by Gasteiger charge is -2.09. The third kappa shape index (κ3) is 2.89. The van der Waals surface area contributed by atoms with Crippen molar-refractivity contribution in [1.29, 1.82) is 0 Å². The van der Waals surface area contributed by atoms with Crippen molar-refractivity contribution >= 4 is 15.8 Å². The van der Waals surface area contributed by atoms with Crippen LogP contribution in [0.3, 0.4) is 0 Å². The maximum absolute atomic E-state index is 12.2. The van der Waals surface area contributed by atoms with E-state index in [9.17, 15) is 8.42 Å². The second kappa shape index (κ2) is 5.32. The second-order valence-corrected chi connectivity index (χ2v) is 6.79. The first-order chi connectivity index (χ1) is 9.95. The third-order valence-corrected chi connectivity index (χ3v) is 4.56. The summed E-state index contributed by atoms with van der Waals surface area (Å²) in [6, 6.07) is 1.82. The Morgan fingerprint density at radius 3 is 2.95 bits per heavy atom. The van der Waals surface area contributed by atoms with Crippen molar-refractivity contribution in [2.24, 2.45) is 0 Å². The van der Waals surface area contributed by atoms with Gasteiger partial charge >= 0.3 is 0 Å². The van der Waals surface area contributed by atoms with Crippen molar-refractivity contribution in [3.8, 4) is 0 Å². The molecular weight excluding hydrogens is 294 g/mol. The molecule has 0 aromatic carbocycles. The molecule has 9 heteroatoms. The number of nitrogens with zero attached hydrogens (tertiary/aromatic N) is 4. The van der Waals surface area contributed by atoms with Crippen molar-refractivity contribution in [3.05, 3.63) is 17.5 Å². The van der Waals surface area contributed by atoms with Crippen LogP contribution in [0, 0.1) is 13.8 Å². The molecule has 0 saturated carbocycles. The molecule has 1 saturated heterocycles. The molecule has 2 aromatic rings. The molecule has 21 heavy (non-hydrogen) atoms. The van der Waals surface area contributed by atoms with E-state index in [2.05, 4.69) is 19.8 Å². The van der Waals surface area contributed by atoms with Crippen molar-refractivity contribution in [2.45, 2.75) is 37.9 Å². The molecule has 0 radical (unpaired) electrons. The average Bonchev–Trinajstić information content (AvgIpc) is 3.05. The van der Waals surface area contributed by atoms with Crippen LogP contribution in [0.1, 0.15) is 24.2 Å². The molecule has 114 valence electrons. The molecule has 8 nitrogen and oxygen atoms in total. The summed E-state index contributed by atoms with van der Waals surface area (Å²) in [6.07, 6.45) is 1.75. The SMILES string of the molecule is Cc1cc(C)n2nc(S(=O)(=O)NCC3CCCO3)nc2n1. The number of rotatable bonds is 4. The fourth-order valence-corrected chi connectivity index (χ4v) is 3.26. The highest BCUT2D eigenvalue weighted by Crippen LogP contribution is 2.12. The molecular formula is C12H17N5O3S. The van der Waals surface area contributed by atoms with Gasteiger partial charge in [0.2, 0.25) is 0 Å². The van der Waals surface area contributed by atoms with Crippen LogP contribution in [0.2, 0.25) is 0 Å². The molecule has 0 bridgehead atoms. The lowest BCUT2D eigenvalue weighted by Crippen LogP contribution is -2.32. The van der Waals surface area contributed by atoms with Gasteiger partial charge in [-0.1, -0.05) is 0 Å². The first kappa shape index (κ1) is 14.4. The molecule has 2 aromatic heterocycles. The van der Waals surface area contributed by atoms with E-state index in [1.165, 1.54) is 4.52 Å². The number of fused-ring (bicyclic) bond motifs is 1. The predicted molar refractivity (Wildman–Crippen MR) is 74.4 cm³/mol. The Bertz CT molecular complexity index is 765. The van der Waals surface area contributed by atoms with E-state index in [0.29, 0.717) is 6.61 Å². The number of ether oxygens (including phenoxy) is 1. The highest BCUT2D eigenvalue weighted by molar-refractivity contribution is 7.89. The number of aryl methyl sites for hydroxylation is 2. The second-order valence-electron chi connectivity index (χ2n) is 5.13. The Balaban J connectivity index is 1.86. The quantitative estimate of drug-likeness (QED) is 0.866. The van der Waals surface area contributed by atoms with Gasteiger partial charge in [-0.2, -0.15) is 4.98 Å². The highest BCUT2D eigenvalue weighted by Gasteiger charge is 2.24. The van der Waals surface area contributed by atoms with Crippen LogP contribution in [-0.2, 0) is 14.8 Å². The molecule has 1 unspecified atom stereocenters. The minimum atomic E-state index is -3.75. The van der Waals surface area contributed by atoms with Gasteiger partial charge in [-0.3, -0.25) is 0 Å². The van der Waals surface area contributed by atoms with Crippen molar-refractivity contribution in [1.82, 2.24) is 24.3 Å². The maximum atomic E-state index is 12.2. The van der Waals surface area contributed by atoms with E-state index < -0.39 is 10.0 Å². The van der Waals surface area contributed by atoms with Gasteiger partial charge in [-0.05, 0) is 32.8 Å². The van der Waals surface area contributed by atoms with Crippen molar-refractivity contribution in [3.63, 3.8) is 0 Å². The first-order valence-corrected chi connectivity index (χ1v) is 8.26. The number of hydrogen-bond acceptors (Lipinski definition) is 6. The van der Waals surface area contributed by atoms with E-state index in [1.54, 1.807) is 0 Å². The van der Waals surface area contributed by atoms with Crippen LogP contribution in [0.25, 0.3) is 5.78 Å². The predicted octanol–water partition coefficient (Wildman–Crippen LogP) is 0.198. The van der Waals surface area contributed by atoms with Crippen molar-refractivity contribution < 1.29 is 13.2 Å². The summed E-state index contributed by atoms with van der Waals surface area (Å²) in [5.74, 6) is 0.282. The van der Waals surface area contributed by atoms with Gasteiger partial charge in [-0.25, -0.2) is 22.6 Å². The molecule has 1 aliphatic rings. The molecule has 1 atom stereocenters. The van der Waals surface area contributed by atoms with E-state index in [4.69, 9.17) is 4.74 Å². The Morgan fingerprint density at radius 1 is 1.43 bits per heavy atom. The zero-order chi connectivity index (χ0) is 15.0. The Morgan fingerprint density at radius 2 is 2.24 bits per heavy atom. The van der Waals surface area contributed by atoms with Gasteiger partial charge in [0.15, 0.2) is 0 Å². The molecule has 1 fully saturated rings. The maximum Gasteiger partial charge on any atom is 0.284 e. The van der Waals surface area contributed by atoms with Gasteiger partial charge in [0.25, 0.3) is 21.0 Å². The fraction of sp³-hybridized carbons (Fsp3) is 0.583. The van der Waals surface area contributed by atoms with Gasteiger partial charge in [0.1, 0.15) is 0 Å². The fourth-order valence-electron chi connectivity index (χ4n) is 2.33. The first-order valence-electron chi connectivity index (χ1n) is 6.78. The van der Waals surface area contributed by atoms with Crippen LogP contribution in [0.15, 0.2) is 11.2 Å². The molecule has 3 rings (SSSR count). The smallest absolute Gasteiger partial charge is 0.284 e. The van der Waals surface area contributed by atoms with E-state index >= 15 is 0 Å². The Hall–Kier alpha value is -1.58. The largest absolute Gasteiger partial charge is 0.377 e. The van der Waals surface area contributed by atoms with E-state index in [0.717, 1.165) is 24.2 Å². The number of sulfonamides is 1. The van der Waals surface area contributed by atoms with Crippen LogP contribution in [-0.4, -0.2) is 47.3 Å². The summed E-state index contributed by atoms with van der Waals surface area (Å²) in [5, 5.41) is 3.76. The molecule has 1 N–H and O–H groups in total. The lowest BCUT2D eigenvalue weighted by molar-refractivity contribution is 0.114. The summed E-state index contributed by atoms with van der Waals surface area (Å²) < 4.78 is 33.8. The summed E-state index contributed by atoms with van der Waals surface area (Å²) in [5.41, 5.74) is 1.55. The highest BCUT2D eigenvalue weighted by atomic mass is 32.2. The van der Waals surface area contributed by atoms with Crippen molar-refractivity contribution in [2.75, 3.05) is 13.2 Å².